The number of rotatable bonds is 4. The molecular weight excluding hydrogens is 384 g/mol. The highest BCUT2D eigenvalue weighted by Gasteiger charge is 2.31. The molecule has 0 saturated carbocycles. The maximum absolute atomic E-state index is 13.1. The molecular formula is C18H18N4O5S. The van der Waals surface area contributed by atoms with Crippen LogP contribution in [-0.2, 0) is 16.6 Å². The Morgan fingerprint density at radius 3 is 2.64 bits per heavy atom. The molecule has 0 N–H and O–H groups in total. The Hall–Kier alpha value is -2.69. The van der Waals surface area contributed by atoms with Crippen LogP contribution in [-0.4, -0.2) is 60.9 Å². The largest absolute Gasteiger partial charge is 0.454 e. The molecule has 0 spiro atoms. The number of aromatic nitrogens is 2. The van der Waals surface area contributed by atoms with Crippen molar-refractivity contribution in [3.05, 3.63) is 42.0 Å². The third-order valence-corrected chi connectivity index (χ3v) is 6.97. The number of hydrogen-bond acceptors (Lipinski definition) is 8. The van der Waals surface area contributed by atoms with Gasteiger partial charge in [-0.25, -0.2) is 13.0 Å². The SMILES string of the molecule is O=S(=O)(c1cccc2nonc12)N1CCN(Cc2ccc3c(c2)OCO3)CC1. The lowest BCUT2D eigenvalue weighted by Gasteiger charge is -2.34. The minimum atomic E-state index is -3.66. The van der Waals surface area contributed by atoms with Gasteiger partial charge in [0, 0.05) is 32.7 Å². The molecule has 0 atom stereocenters. The van der Waals surface area contributed by atoms with Gasteiger partial charge in [-0.15, -0.1) is 0 Å². The summed E-state index contributed by atoms with van der Waals surface area (Å²) in [6.45, 7) is 3.08. The van der Waals surface area contributed by atoms with E-state index in [1.54, 1.807) is 18.2 Å². The Balaban J connectivity index is 1.28. The first-order valence-corrected chi connectivity index (χ1v) is 10.4. The number of ether oxygens (including phenoxy) is 2. The number of fused-ring (bicyclic) bond motifs is 2. The van der Waals surface area contributed by atoms with Crippen molar-refractivity contribution < 1.29 is 22.5 Å². The van der Waals surface area contributed by atoms with Crippen molar-refractivity contribution in [3.63, 3.8) is 0 Å². The zero-order valence-electron chi connectivity index (χ0n) is 14.9. The Labute approximate surface area is 161 Å². The summed E-state index contributed by atoms with van der Waals surface area (Å²) in [5.41, 5.74) is 1.81. The van der Waals surface area contributed by atoms with E-state index in [1.807, 2.05) is 18.2 Å². The smallest absolute Gasteiger partial charge is 0.245 e. The monoisotopic (exact) mass is 402 g/mol. The van der Waals surface area contributed by atoms with Crippen LogP contribution in [0.4, 0.5) is 0 Å². The standard InChI is InChI=1S/C18H18N4O5S/c23-28(24,17-3-1-2-14-18(17)20-27-19-14)22-8-6-21(7-9-22)11-13-4-5-15-16(10-13)26-12-25-15/h1-5,10H,6-9,11-12H2. The van der Waals surface area contributed by atoms with Crippen LogP contribution in [0.1, 0.15) is 5.56 Å². The fourth-order valence-electron chi connectivity index (χ4n) is 3.55. The third kappa shape index (κ3) is 2.99. The Kier molecular flexibility index (Phi) is 4.18. The van der Waals surface area contributed by atoms with E-state index in [0.717, 1.165) is 23.6 Å². The summed E-state index contributed by atoms with van der Waals surface area (Å²) in [4.78, 5) is 2.36. The maximum Gasteiger partial charge on any atom is 0.245 e. The van der Waals surface area contributed by atoms with Gasteiger partial charge in [-0.3, -0.25) is 4.90 Å². The van der Waals surface area contributed by atoms with Gasteiger partial charge in [0.25, 0.3) is 0 Å². The first-order chi connectivity index (χ1) is 13.6. The summed E-state index contributed by atoms with van der Waals surface area (Å²) in [5, 5.41) is 7.48. The molecule has 9 nitrogen and oxygen atoms in total. The van der Waals surface area contributed by atoms with Crippen LogP contribution < -0.4 is 9.47 Å². The van der Waals surface area contributed by atoms with E-state index in [1.165, 1.54) is 4.31 Å². The molecule has 0 unspecified atom stereocenters. The molecule has 0 amide bonds. The number of benzene rings is 2. The molecule has 0 radical (unpaired) electrons. The summed E-state index contributed by atoms with van der Waals surface area (Å²) >= 11 is 0. The van der Waals surface area contributed by atoms with E-state index < -0.39 is 10.0 Å². The molecule has 2 aliphatic rings. The first-order valence-electron chi connectivity index (χ1n) is 8.93. The second kappa shape index (κ2) is 6.73. The van der Waals surface area contributed by atoms with Crippen molar-refractivity contribution in [3.8, 4) is 11.5 Å². The summed E-state index contributed by atoms with van der Waals surface area (Å²) in [6.07, 6.45) is 0. The minimum Gasteiger partial charge on any atom is -0.454 e. The van der Waals surface area contributed by atoms with Gasteiger partial charge in [0.05, 0.1) is 0 Å². The molecule has 10 heteroatoms. The van der Waals surface area contributed by atoms with E-state index in [2.05, 4.69) is 15.2 Å². The molecule has 3 heterocycles. The van der Waals surface area contributed by atoms with Crippen LogP contribution in [0.2, 0.25) is 0 Å². The van der Waals surface area contributed by atoms with Crippen LogP contribution in [0.25, 0.3) is 11.0 Å². The molecule has 1 fully saturated rings. The van der Waals surface area contributed by atoms with Gasteiger partial charge >= 0.3 is 0 Å². The lowest BCUT2D eigenvalue weighted by atomic mass is 10.2. The van der Waals surface area contributed by atoms with Crippen LogP contribution in [0.5, 0.6) is 11.5 Å². The Morgan fingerprint density at radius 2 is 1.79 bits per heavy atom. The van der Waals surface area contributed by atoms with E-state index >= 15 is 0 Å². The molecule has 2 aromatic carbocycles. The van der Waals surface area contributed by atoms with Gasteiger partial charge in [0.1, 0.15) is 10.4 Å². The van der Waals surface area contributed by atoms with Gasteiger partial charge < -0.3 is 9.47 Å². The Bertz CT molecular complexity index is 1120. The van der Waals surface area contributed by atoms with Crippen molar-refractivity contribution in [2.75, 3.05) is 33.0 Å². The van der Waals surface area contributed by atoms with Crippen molar-refractivity contribution in [2.45, 2.75) is 11.4 Å². The molecule has 1 saturated heterocycles. The van der Waals surface area contributed by atoms with E-state index in [0.29, 0.717) is 31.7 Å². The zero-order chi connectivity index (χ0) is 19.1. The second-order valence-corrected chi connectivity index (χ2v) is 8.66. The zero-order valence-corrected chi connectivity index (χ0v) is 15.8. The lowest BCUT2D eigenvalue weighted by Crippen LogP contribution is -2.48. The van der Waals surface area contributed by atoms with Gasteiger partial charge in [-0.1, -0.05) is 12.1 Å². The molecule has 28 heavy (non-hydrogen) atoms. The fourth-order valence-corrected chi connectivity index (χ4v) is 5.11. The van der Waals surface area contributed by atoms with Gasteiger partial charge in [0.2, 0.25) is 16.8 Å². The van der Waals surface area contributed by atoms with E-state index in [4.69, 9.17) is 14.1 Å². The van der Waals surface area contributed by atoms with Gasteiger partial charge in [0.15, 0.2) is 17.0 Å². The van der Waals surface area contributed by atoms with Crippen molar-refractivity contribution in [1.29, 1.82) is 0 Å². The summed E-state index contributed by atoms with van der Waals surface area (Å²) in [5.74, 6) is 1.52. The van der Waals surface area contributed by atoms with E-state index in [9.17, 15) is 8.42 Å². The summed E-state index contributed by atoms with van der Waals surface area (Å²) in [7, 11) is -3.66. The third-order valence-electron chi connectivity index (χ3n) is 5.04. The molecule has 2 aliphatic heterocycles. The molecule has 1 aromatic heterocycles. The normalized spacial score (nSPS) is 18.0. The van der Waals surface area contributed by atoms with Crippen LogP contribution in [0.3, 0.4) is 0 Å². The predicted octanol–water partition coefficient (Wildman–Crippen LogP) is 1.46. The maximum atomic E-state index is 13.1. The van der Waals surface area contributed by atoms with Gasteiger partial charge in [-0.2, -0.15) is 4.31 Å². The highest BCUT2D eigenvalue weighted by atomic mass is 32.2. The highest BCUT2D eigenvalue weighted by molar-refractivity contribution is 7.89. The van der Waals surface area contributed by atoms with Crippen molar-refractivity contribution >= 4 is 21.1 Å². The minimum absolute atomic E-state index is 0.135. The average molecular weight is 402 g/mol. The Morgan fingerprint density at radius 1 is 0.964 bits per heavy atom. The number of piperazine rings is 1. The molecule has 0 aliphatic carbocycles. The average Bonchev–Trinajstić information content (AvgIpc) is 3.37. The fraction of sp³-hybridized carbons (Fsp3) is 0.333. The summed E-state index contributed by atoms with van der Waals surface area (Å²) in [6, 6.07) is 10.8. The molecule has 146 valence electrons. The molecule has 0 bridgehead atoms. The van der Waals surface area contributed by atoms with Crippen molar-refractivity contribution in [1.82, 2.24) is 19.5 Å². The first kappa shape index (κ1) is 17.4. The van der Waals surface area contributed by atoms with Crippen LogP contribution >= 0.6 is 0 Å². The number of sulfonamides is 1. The topological polar surface area (TPSA) is 98.0 Å². The predicted molar refractivity (Wildman–Crippen MR) is 98.4 cm³/mol. The van der Waals surface area contributed by atoms with Crippen molar-refractivity contribution in [2.24, 2.45) is 0 Å². The van der Waals surface area contributed by atoms with Crippen LogP contribution in [0, 0.1) is 0 Å². The highest BCUT2D eigenvalue weighted by Crippen LogP contribution is 2.33. The lowest BCUT2D eigenvalue weighted by molar-refractivity contribution is 0.173. The second-order valence-electron chi connectivity index (χ2n) is 6.76. The molecule has 5 rings (SSSR count). The number of hydrogen-bond donors (Lipinski definition) is 0. The number of nitrogens with zero attached hydrogens (tertiary/aromatic N) is 4. The van der Waals surface area contributed by atoms with Gasteiger partial charge in [-0.05, 0) is 40.1 Å². The quantitative estimate of drug-likeness (QED) is 0.647. The van der Waals surface area contributed by atoms with E-state index in [-0.39, 0.29) is 17.2 Å². The molecule has 3 aromatic rings. The summed E-state index contributed by atoms with van der Waals surface area (Å²) < 4.78 is 43.1. The van der Waals surface area contributed by atoms with Crippen LogP contribution in [0.15, 0.2) is 45.9 Å².